The number of aliphatic hydroxyl groups is 1. The van der Waals surface area contributed by atoms with Gasteiger partial charge in [-0.05, 0) is 44.7 Å². The molecule has 1 aliphatic heterocycles. The summed E-state index contributed by atoms with van der Waals surface area (Å²) in [5.41, 5.74) is -1.20. The second-order valence-corrected chi connectivity index (χ2v) is 7.68. The lowest BCUT2D eigenvalue weighted by Gasteiger charge is -2.39. The molecule has 0 radical (unpaired) electrons. The number of carbonyl (C=O) groups excluding carboxylic acids is 1. The Labute approximate surface area is 150 Å². The minimum atomic E-state index is -1.20. The highest BCUT2D eigenvalue weighted by Crippen LogP contribution is 2.25. The predicted octanol–water partition coefficient (Wildman–Crippen LogP) is 2.58. The lowest BCUT2D eigenvalue weighted by atomic mass is 9.92. The standard InChI is InChI=1S/C19H31N3O3/c1-19(24,17-8-5-13-25-17)14-20-18(23)21-15-9-11-22(12-10-15)16-6-3-2-4-7-16/h5,8,13,15-16,24H,2-4,6-7,9-12,14H2,1H3,(H2,20,21,23). The summed E-state index contributed by atoms with van der Waals surface area (Å²) in [4.78, 5) is 14.7. The number of nitrogens with zero attached hydrogens (tertiary/aromatic N) is 1. The van der Waals surface area contributed by atoms with Gasteiger partial charge in [-0.1, -0.05) is 19.3 Å². The molecule has 3 rings (SSSR count). The maximum absolute atomic E-state index is 12.1. The maximum atomic E-state index is 12.1. The largest absolute Gasteiger partial charge is 0.466 e. The first-order valence-electron chi connectivity index (χ1n) is 9.59. The van der Waals surface area contributed by atoms with Crippen LogP contribution in [0.1, 0.15) is 57.6 Å². The summed E-state index contributed by atoms with van der Waals surface area (Å²) in [6.07, 6.45) is 10.3. The van der Waals surface area contributed by atoms with E-state index >= 15 is 0 Å². The fourth-order valence-electron chi connectivity index (χ4n) is 4.02. The second-order valence-electron chi connectivity index (χ2n) is 7.68. The van der Waals surface area contributed by atoms with Gasteiger partial charge in [-0.3, -0.25) is 0 Å². The first-order chi connectivity index (χ1) is 12.0. The summed E-state index contributed by atoms with van der Waals surface area (Å²) < 4.78 is 5.22. The van der Waals surface area contributed by atoms with Crippen LogP contribution in [0.5, 0.6) is 0 Å². The van der Waals surface area contributed by atoms with Gasteiger partial charge < -0.3 is 25.1 Å². The molecule has 2 aliphatic rings. The van der Waals surface area contributed by atoms with Crippen LogP contribution in [-0.2, 0) is 5.60 Å². The van der Waals surface area contributed by atoms with Gasteiger partial charge in [0.05, 0.1) is 12.8 Å². The lowest BCUT2D eigenvalue weighted by molar-refractivity contribution is 0.0364. The van der Waals surface area contributed by atoms with Gasteiger partial charge in [0.2, 0.25) is 0 Å². The third-order valence-electron chi connectivity index (χ3n) is 5.60. The summed E-state index contributed by atoms with van der Waals surface area (Å²) in [6.45, 7) is 3.89. The second kappa shape index (κ2) is 8.23. The van der Waals surface area contributed by atoms with E-state index in [0.29, 0.717) is 5.76 Å². The Morgan fingerprint density at radius 1 is 1.28 bits per heavy atom. The molecule has 3 N–H and O–H groups in total. The Morgan fingerprint density at radius 3 is 2.64 bits per heavy atom. The summed E-state index contributed by atoms with van der Waals surface area (Å²) in [5, 5.41) is 16.2. The van der Waals surface area contributed by atoms with E-state index in [4.69, 9.17) is 4.42 Å². The van der Waals surface area contributed by atoms with Crippen molar-refractivity contribution in [3.63, 3.8) is 0 Å². The van der Waals surface area contributed by atoms with Crippen LogP contribution in [-0.4, -0.2) is 47.8 Å². The number of furan rings is 1. The maximum Gasteiger partial charge on any atom is 0.315 e. The number of nitrogens with one attached hydrogen (secondary N) is 2. The van der Waals surface area contributed by atoms with E-state index in [1.807, 2.05) is 0 Å². The van der Waals surface area contributed by atoms with Gasteiger partial charge in [-0.25, -0.2) is 4.79 Å². The topological polar surface area (TPSA) is 77.7 Å². The lowest BCUT2D eigenvalue weighted by Crippen LogP contribution is -2.51. The molecule has 1 saturated carbocycles. The van der Waals surface area contributed by atoms with E-state index in [-0.39, 0.29) is 18.6 Å². The van der Waals surface area contributed by atoms with Crippen molar-refractivity contribution in [3.8, 4) is 0 Å². The molecular formula is C19H31N3O3. The summed E-state index contributed by atoms with van der Waals surface area (Å²) in [6, 6.07) is 4.19. The molecule has 2 amide bonds. The minimum Gasteiger partial charge on any atom is -0.466 e. The molecule has 6 heteroatoms. The van der Waals surface area contributed by atoms with Crippen molar-refractivity contribution in [1.82, 2.24) is 15.5 Å². The van der Waals surface area contributed by atoms with Crippen LogP contribution >= 0.6 is 0 Å². The zero-order chi connectivity index (χ0) is 17.7. The Kier molecular flexibility index (Phi) is 6.02. The Hall–Kier alpha value is -1.53. The summed E-state index contributed by atoms with van der Waals surface area (Å²) in [7, 11) is 0. The molecule has 1 aliphatic carbocycles. The Bertz CT molecular complexity index is 530. The molecule has 1 atom stereocenters. The highest BCUT2D eigenvalue weighted by atomic mass is 16.4. The van der Waals surface area contributed by atoms with E-state index < -0.39 is 5.60 Å². The third-order valence-corrected chi connectivity index (χ3v) is 5.60. The van der Waals surface area contributed by atoms with Crippen LogP contribution < -0.4 is 10.6 Å². The van der Waals surface area contributed by atoms with Gasteiger partial charge in [-0.2, -0.15) is 0 Å². The average Bonchev–Trinajstić information content (AvgIpc) is 3.17. The van der Waals surface area contributed by atoms with Crippen molar-refractivity contribution in [1.29, 1.82) is 0 Å². The summed E-state index contributed by atoms with van der Waals surface area (Å²) in [5.74, 6) is 0.452. The van der Waals surface area contributed by atoms with Gasteiger partial charge >= 0.3 is 6.03 Å². The number of carbonyl (C=O) groups is 1. The average molecular weight is 349 g/mol. The SMILES string of the molecule is CC(O)(CNC(=O)NC1CCN(C2CCCCC2)CC1)c1ccco1. The highest BCUT2D eigenvalue weighted by Gasteiger charge is 2.29. The minimum absolute atomic E-state index is 0.118. The normalized spacial score (nSPS) is 23.1. The molecule has 6 nitrogen and oxygen atoms in total. The Morgan fingerprint density at radius 2 is 2.00 bits per heavy atom. The van der Waals surface area contributed by atoms with E-state index in [1.54, 1.807) is 19.1 Å². The van der Waals surface area contributed by atoms with Gasteiger partial charge in [0.15, 0.2) is 0 Å². The highest BCUT2D eigenvalue weighted by molar-refractivity contribution is 5.74. The van der Waals surface area contributed by atoms with Gasteiger partial charge in [0.25, 0.3) is 0 Å². The van der Waals surface area contributed by atoms with Crippen molar-refractivity contribution in [2.75, 3.05) is 19.6 Å². The molecule has 0 spiro atoms. The fourth-order valence-corrected chi connectivity index (χ4v) is 4.02. The van der Waals surface area contributed by atoms with Crippen LogP contribution in [0, 0.1) is 0 Å². The third kappa shape index (κ3) is 4.98. The van der Waals surface area contributed by atoms with E-state index in [9.17, 15) is 9.90 Å². The zero-order valence-electron chi connectivity index (χ0n) is 15.2. The van der Waals surface area contributed by atoms with Crippen LogP contribution in [0.4, 0.5) is 4.79 Å². The molecule has 0 aromatic carbocycles. The molecule has 2 fully saturated rings. The molecule has 0 bridgehead atoms. The van der Waals surface area contributed by atoms with E-state index in [2.05, 4.69) is 15.5 Å². The molecule has 1 aromatic heterocycles. The van der Waals surface area contributed by atoms with Crippen molar-refractivity contribution >= 4 is 6.03 Å². The van der Waals surface area contributed by atoms with Crippen LogP contribution in [0.2, 0.25) is 0 Å². The van der Waals surface area contributed by atoms with Crippen LogP contribution in [0.15, 0.2) is 22.8 Å². The number of hydrogen-bond acceptors (Lipinski definition) is 4. The molecule has 25 heavy (non-hydrogen) atoms. The number of hydrogen-bond donors (Lipinski definition) is 3. The van der Waals surface area contributed by atoms with Gasteiger partial charge in [-0.15, -0.1) is 0 Å². The fraction of sp³-hybridized carbons (Fsp3) is 0.737. The van der Waals surface area contributed by atoms with E-state index in [0.717, 1.165) is 32.0 Å². The number of urea groups is 1. The molecule has 140 valence electrons. The van der Waals surface area contributed by atoms with Crippen molar-refractivity contribution < 1.29 is 14.3 Å². The smallest absolute Gasteiger partial charge is 0.315 e. The van der Waals surface area contributed by atoms with Gasteiger partial charge in [0, 0.05) is 25.2 Å². The van der Waals surface area contributed by atoms with Crippen molar-refractivity contribution in [3.05, 3.63) is 24.2 Å². The molecule has 2 heterocycles. The number of likely N-dealkylation sites (tertiary alicyclic amines) is 1. The van der Waals surface area contributed by atoms with Gasteiger partial charge in [0.1, 0.15) is 11.4 Å². The predicted molar refractivity (Wildman–Crippen MR) is 96.3 cm³/mol. The molecular weight excluding hydrogens is 318 g/mol. The monoisotopic (exact) mass is 349 g/mol. The van der Waals surface area contributed by atoms with Crippen molar-refractivity contribution in [2.24, 2.45) is 0 Å². The Balaban J connectivity index is 1.37. The number of rotatable bonds is 5. The van der Waals surface area contributed by atoms with Crippen molar-refractivity contribution in [2.45, 2.75) is 69.6 Å². The number of piperidine rings is 1. The quantitative estimate of drug-likeness (QED) is 0.763. The zero-order valence-corrected chi connectivity index (χ0v) is 15.2. The molecule has 1 unspecified atom stereocenters. The molecule has 1 saturated heterocycles. The first kappa shape index (κ1) is 18.3. The number of amides is 2. The van der Waals surface area contributed by atoms with Crippen LogP contribution in [0.25, 0.3) is 0 Å². The first-order valence-corrected chi connectivity index (χ1v) is 9.59. The molecule has 1 aromatic rings. The van der Waals surface area contributed by atoms with E-state index in [1.165, 1.54) is 38.4 Å². The summed E-state index contributed by atoms with van der Waals surface area (Å²) >= 11 is 0. The van der Waals surface area contributed by atoms with Crippen LogP contribution in [0.3, 0.4) is 0 Å².